The summed E-state index contributed by atoms with van der Waals surface area (Å²) in [4.78, 5) is 13.4. The fourth-order valence-corrected chi connectivity index (χ4v) is 3.24. The highest BCUT2D eigenvalue weighted by Gasteiger charge is 2.43. The van der Waals surface area contributed by atoms with E-state index in [0.29, 0.717) is 10.6 Å². The van der Waals surface area contributed by atoms with Crippen LogP contribution in [0.2, 0.25) is 5.02 Å². The van der Waals surface area contributed by atoms with E-state index < -0.39 is 9.96 Å². The molecule has 1 aliphatic rings. The largest absolute Gasteiger partial charge is 0.312 e. The maximum atomic E-state index is 12.3. The Balaban J connectivity index is 2.16. The second-order valence-corrected chi connectivity index (χ2v) is 7.57. The average molecular weight is 357 g/mol. The van der Waals surface area contributed by atoms with Crippen LogP contribution in [-0.4, -0.2) is 29.0 Å². The van der Waals surface area contributed by atoms with Gasteiger partial charge in [-0.2, -0.15) is 0 Å². The van der Waals surface area contributed by atoms with Crippen LogP contribution in [0, 0.1) is 0 Å². The second kappa shape index (κ2) is 6.71. The van der Waals surface area contributed by atoms with Gasteiger partial charge in [-0.25, -0.2) is 0 Å². The highest BCUT2D eigenvalue weighted by Crippen LogP contribution is 2.28. The topological polar surface area (TPSA) is 33.5 Å². The Labute approximate surface area is 138 Å². The molecule has 0 radical (unpaired) electrons. The van der Waals surface area contributed by atoms with Crippen molar-refractivity contribution in [3.05, 3.63) is 34.9 Å². The lowest BCUT2D eigenvalue weighted by molar-refractivity contribution is -0.915. The Hall–Kier alpha value is -0.190. The number of nitrogens with one attached hydrogen (secondary N) is 2. The molecule has 1 fully saturated rings. The van der Waals surface area contributed by atoms with E-state index in [1.54, 1.807) is 24.3 Å². The molecular formula is C13H15Cl4N2O+. The first-order chi connectivity index (χ1) is 9.39. The first kappa shape index (κ1) is 16.2. The van der Waals surface area contributed by atoms with Crippen LogP contribution in [-0.2, 0) is 0 Å². The van der Waals surface area contributed by atoms with Crippen LogP contribution in [0.15, 0.2) is 24.3 Å². The van der Waals surface area contributed by atoms with E-state index in [4.69, 9.17) is 46.4 Å². The van der Waals surface area contributed by atoms with E-state index in [-0.39, 0.29) is 5.91 Å². The molecule has 0 bridgehead atoms. The molecule has 1 saturated heterocycles. The van der Waals surface area contributed by atoms with Gasteiger partial charge in [0, 0.05) is 12.8 Å². The number of halogens is 4. The minimum atomic E-state index is -1.56. The molecule has 20 heavy (non-hydrogen) atoms. The third kappa shape index (κ3) is 3.92. The Morgan fingerprint density at radius 2 is 1.80 bits per heavy atom. The summed E-state index contributed by atoms with van der Waals surface area (Å²) >= 11 is 24.0. The Kier molecular flexibility index (Phi) is 5.43. The molecule has 2 rings (SSSR count). The van der Waals surface area contributed by atoms with Crippen molar-refractivity contribution in [3.63, 3.8) is 0 Å². The van der Waals surface area contributed by atoms with Crippen molar-refractivity contribution in [3.8, 4) is 0 Å². The van der Waals surface area contributed by atoms with Crippen LogP contribution in [0.1, 0.15) is 23.2 Å². The third-order valence-corrected chi connectivity index (χ3v) is 4.36. The van der Waals surface area contributed by atoms with Crippen molar-refractivity contribution in [2.24, 2.45) is 0 Å². The van der Waals surface area contributed by atoms with Gasteiger partial charge in [-0.1, -0.05) is 58.5 Å². The van der Waals surface area contributed by atoms with E-state index >= 15 is 0 Å². The summed E-state index contributed by atoms with van der Waals surface area (Å²) in [6, 6.07) is 6.81. The number of hydrogen-bond acceptors (Lipinski definition) is 1. The molecule has 3 nitrogen and oxygen atoms in total. The van der Waals surface area contributed by atoms with Gasteiger partial charge in [0.15, 0.2) is 0 Å². The molecule has 1 aliphatic heterocycles. The number of alkyl halides is 3. The molecule has 1 aromatic rings. The summed E-state index contributed by atoms with van der Waals surface area (Å²) in [5.74, 6) is -0.327. The molecule has 1 atom stereocenters. The van der Waals surface area contributed by atoms with Crippen LogP contribution in [0.25, 0.3) is 0 Å². The minimum Gasteiger partial charge on any atom is -0.312 e. The van der Waals surface area contributed by atoms with E-state index in [1.807, 2.05) is 0 Å². The first-order valence-corrected chi connectivity index (χ1v) is 7.87. The summed E-state index contributed by atoms with van der Waals surface area (Å²) in [6.07, 6.45) is 1.54. The molecule has 110 valence electrons. The summed E-state index contributed by atoms with van der Waals surface area (Å²) in [5, 5.41) is 3.18. The normalized spacial score (nSPS) is 18.0. The predicted molar refractivity (Wildman–Crippen MR) is 82.9 cm³/mol. The van der Waals surface area contributed by atoms with Crippen LogP contribution < -0.4 is 10.2 Å². The molecule has 1 amide bonds. The zero-order valence-electron chi connectivity index (χ0n) is 10.6. The highest BCUT2D eigenvalue weighted by molar-refractivity contribution is 6.68. The zero-order chi connectivity index (χ0) is 14.8. The molecule has 2 N–H and O–H groups in total. The standard InChI is InChI=1S/C13H14Cl4N2O/c14-10-6-2-1-5-9(10)11(20)18-12(13(15,16)17)19-7-3-4-8-19/h1-2,5-6,12H,3-4,7-8H2,(H,18,20)/p+1/t12-/m1/s1. The summed E-state index contributed by atoms with van der Waals surface area (Å²) in [7, 11) is 0. The van der Waals surface area contributed by atoms with Gasteiger partial charge in [0.1, 0.15) is 0 Å². The predicted octanol–water partition coefficient (Wildman–Crippen LogP) is 2.44. The number of rotatable bonds is 3. The number of carbonyl (C=O) groups excluding carboxylic acids is 1. The van der Waals surface area contributed by atoms with Gasteiger partial charge in [0.25, 0.3) is 9.70 Å². The molecule has 0 saturated carbocycles. The molecule has 0 aromatic heterocycles. The zero-order valence-corrected chi connectivity index (χ0v) is 13.7. The molecular weight excluding hydrogens is 342 g/mol. The van der Waals surface area contributed by atoms with Gasteiger partial charge in [0.2, 0.25) is 6.17 Å². The van der Waals surface area contributed by atoms with Crippen molar-refractivity contribution < 1.29 is 9.69 Å². The fraction of sp³-hybridized carbons (Fsp3) is 0.462. The van der Waals surface area contributed by atoms with Crippen molar-refractivity contribution >= 4 is 52.3 Å². The average Bonchev–Trinajstić information content (AvgIpc) is 2.88. The molecule has 7 heteroatoms. The van der Waals surface area contributed by atoms with E-state index in [0.717, 1.165) is 30.8 Å². The monoisotopic (exact) mass is 355 g/mol. The number of quaternary nitrogens is 1. The van der Waals surface area contributed by atoms with E-state index in [1.165, 1.54) is 0 Å². The lowest BCUT2D eigenvalue weighted by Gasteiger charge is -2.30. The number of carbonyl (C=O) groups is 1. The van der Waals surface area contributed by atoms with Crippen molar-refractivity contribution in [2.75, 3.05) is 13.1 Å². The highest BCUT2D eigenvalue weighted by atomic mass is 35.6. The summed E-state index contributed by atoms with van der Waals surface area (Å²) < 4.78 is -1.56. The maximum absolute atomic E-state index is 12.3. The Bertz CT molecular complexity index is 484. The minimum absolute atomic E-state index is 0.327. The van der Waals surface area contributed by atoms with Gasteiger partial charge >= 0.3 is 0 Å². The van der Waals surface area contributed by atoms with Crippen LogP contribution >= 0.6 is 46.4 Å². The van der Waals surface area contributed by atoms with E-state index in [2.05, 4.69) is 5.32 Å². The number of amides is 1. The third-order valence-electron chi connectivity index (χ3n) is 3.38. The molecule has 0 unspecified atom stereocenters. The molecule has 1 heterocycles. The first-order valence-electron chi connectivity index (χ1n) is 6.36. The molecule has 0 aliphatic carbocycles. The fourth-order valence-electron chi connectivity index (χ4n) is 2.39. The van der Waals surface area contributed by atoms with Crippen LogP contribution in [0.5, 0.6) is 0 Å². The maximum Gasteiger partial charge on any atom is 0.262 e. The smallest absolute Gasteiger partial charge is 0.262 e. The SMILES string of the molecule is O=C(N[C@H]([NH+]1CCCC1)C(Cl)(Cl)Cl)c1ccccc1Cl. The molecule has 1 aromatic carbocycles. The molecule has 0 spiro atoms. The van der Waals surface area contributed by atoms with Gasteiger partial charge in [-0.05, 0) is 12.1 Å². The lowest BCUT2D eigenvalue weighted by Crippen LogP contribution is -3.17. The van der Waals surface area contributed by atoms with Gasteiger partial charge in [0.05, 0.1) is 23.7 Å². The second-order valence-electron chi connectivity index (χ2n) is 4.79. The quantitative estimate of drug-likeness (QED) is 0.801. The number of benzene rings is 1. The van der Waals surface area contributed by atoms with Gasteiger partial charge in [-0.3, -0.25) is 10.1 Å². The van der Waals surface area contributed by atoms with Crippen molar-refractivity contribution in [1.29, 1.82) is 0 Å². The number of hydrogen-bond donors (Lipinski definition) is 2. The lowest BCUT2D eigenvalue weighted by atomic mass is 10.2. The van der Waals surface area contributed by atoms with Crippen molar-refractivity contribution in [2.45, 2.75) is 22.8 Å². The van der Waals surface area contributed by atoms with E-state index in [9.17, 15) is 4.79 Å². The summed E-state index contributed by atoms with van der Waals surface area (Å²) in [6.45, 7) is 1.75. The van der Waals surface area contributed by atoms with Crippen LogP contribution in [0.4, 0.5) is 0 Å². The van der Waals surface area contributed by atoms with Gasteiger partial charge in [-0.15, -0.1) is 0 Å². The summed E-state index contributed by atoms with van der Waals surface area (Å²) in [5.41, 5.74) is 0.381. The Morgan fingerprint density at radius 1 is 1.20 bits per heavy atom. The van der Waals surface area contributed by atoms with Crippen LogP contribution in [0.3, 0.4) is 0 Å². The van der Waals surface area contributed by atoms with Crippen molar-refractivity contribution in [1.82, 2.24) is 5.32 Å². The number of likely N-dealkylation sites (tertiary alicyclic amines) is 1. The van der Waals surface area contributed by atoms with Gasteiger partial charge < -0.3 is 4.90 Å². The Morgan fingerprint density at radius 3 is 2.35 bits per heavy atom.